The number of carbonyl (C=O) groups excluding carboxylic acids is 3. The fourth-order valence-corrected chi connectivity index (χ4v) is 3.26. The van der Waals surface area contributed by atoms with Crippen molar-refractivity contribution in [3.8, 4) is 0 Å². The van der Waals surface area contributed by atoms with E-state index in [1.165, 1.54) is 20.8 Å². The largest absolute Gasteiger partial charge is 0.455 e. The molecule has 0 N–H and O–H groups in total. The van der Waals surface area contributed by atoms with Gasteiger partial charge in [0, 0.05) is 20.8 Å². The van der Waals surface area contributed by atoms with Gasteiger partial charge in [-0.05, 0) is 5.56 Å². The summed E-state index contributed by atoms with van der Waals surface area (Å²) in [5.74, 6) is -1.86. The van der Waals surface area contributed by atoms with Crippen LogP contribution in [0.25, 0.3) is 0 Å². The normalized spacial score (nSPS) is 21.5. The Kier molecular flexibility index (Phi) is 13.2. The summed E-state index contributed by atoms with van der Waals surface area (Å²) in [5.41, 5.74) is 1.11. The first-order valence-electron chi connectivity index (χ1n) is 11.4. The summed E-state index contributed by atoms with van der Waals surface area (Å²) in [6.07, 6.45) is -4.09. The van der Waals surface area contributed by atoms with Gasteiger partial charge in [-0.25, -0.2) is 0 Å². The highest BCUT2D eigenvalue weighted by Gasteiger charge is 2.51. The molecule has 0 spiro atoms. The van der Waals surface area contributed by atoms with E-state index in [0.29, 0.717) is 39.6 Å². The van der Waals surface area contributed by atoms with Gasteiger partial charge < -0.3 is 37.9 Å². The van der Waals surface area contributed by atoms with Crippen molar-refractivity contribution in [1.82, 2.24) is 0 Å². The summed E-state index contributed by atoms with van der Waals surface area (Å²) < 4.78 is 43.1. The first kappa shape index (κ1) is 28.7. The van der Waals surface area contributed by atoms with Crippen molar-refractivity contribution < 1.29 is 52.3 Å². The zero-order valence-corrected chi connectivity index (χ0v) is 20.3. The predicted molar refractivity (Wildman–Crippen MR) is 120 cm³/mol. The molecule has 1 unspecified atom stereocenters. The van der Waals surface area contributed by atoms with Crippen LogP contribution in [-0.4, -0.2) is 88.8 Å². The summed E-state index contributed by atoms with van der Waals surface area (Å²) in [7, 11) is 0. The Morgan fingerprint density at radius 2 is 1.20 bits per heavy atom. The van der Waals surface area contributed by atoms with Crippen LogP contribution in [0.15, 0.2) is 30.3 Å². The van der Waals surface area contributed by atoms with E-state index in [0.717, 1.165) is 5.56 Å². The molecular weight excluding hydrogens is 464 g/mol. The molecule has 0 saturated carbocycles. The highest BCUT2D eigenvalue weighted by Crippen LogP contribution is 2.28. The van der Waals surface area contributed by atoms with Crippen molar-refractivity contribution in [2.45, 2.75) is 52.0 Å². The lowest BCUT2D eigenvalue weighted by Gasteiger charge is -2.22. The van der Waals surface area contributed by atoms with Crippen molar-refractivity contribution in [2.24, 2.45) is 0 Å². The Balaban J connectivity index is 1.59. The summed E-state index contributed by atoms with van der Waals surface area (Å²) >= 11 is 0. The highest BCUT2D eigenvalue weighted by atomic mass is 16.8. The molecule has 1 aliphatic rings. The molecule has 2 rings (SSSR count). The molecule has 0 radical (unpaired) electrons. The molecular formula is C24H34O11. The maximum Gasteiger partial charge on any atom is 0.305 e. The number of carbonyl (C=O) groups is 3. The van der Waals surface area contributed by atoms with E-state index in [-0.39, 0.29) is 13.2 Å². The van der Waals surface area contributed by atoms with Gasteiger partial charge in [-0.1, -0.05) is 30.3 Å². The highest BCUT2D eigenvalue weighted by molar-refractivity contribution is 5.68. The fraction of sp³-hybridized carbons (Fsp3) is 0.625. The molecule has 1 fully saturated rings. The van der Waals surface area contributed by atoms with E-state index >= 15 is 0 Å². The number of ether oxygens (including phenoxy) is 8. The zero-order valence-electron chi connectivity index (χ0n) is 20.3. The minimum Gasteiger partial charge on any atom is -0.455 e. The average molecular weight is 499 g/mol. The van der Waals surface area contributed by atoms with Crippen LogP contribution in [0, 0.1) is 0 Å². The third-order valence-corrected chi connectivity index (χ3v) is 4.66. The molecule has 1 aromatic carbocycles. The fourth-order valence-electron chi connectivity index (χ4n) is 3.26. The van der Waals surface area contributed by atoms with Gasteiger partial charge in [-0.15, -0.1) is 0 Å². The molecule has 0 bridgehead atoms. The molecule has 1 aliphatic heterocycles. The third-order valence-electron chi connectivity index (χ3n) is 4.66. The van der Waals surface area contributed by atoms with E-state index in [1.807, 2.05) is 30.3 Å². The van der Waals surface area contributed by atoms with Gasteiger partial charge >= 0.3 is 17.9 Å². The van der Waals surface area contributed by atoms with Crippen LogP contribution in [0.5, 0.6) is 0 Å². The summed E-state index contributed by atoms with van der Waals surface area (Å²) in [6, 6.07) is 9.90. The second kappa shape index (κ2) is 16.2. The van der Waals surface area contributed by atoms with Crippen molar-refractivity contribution in [1.29, 1.82) is 0 Å². The van der Waals surface area contributed by atoms with Crippen LogP contribution >= 0.6 is 0 Å². The van der Waals surface area contributed by atoms with Gasteiger partial charge in [-0.3, -0.25) is 14.4 Å². The number of benzene rings is 1. The first-order chi connectivity index (χ1) is 16.9. The van der Waals surface area contributed by atoms with E-state index in [1.54, 1.807) is 0 Å². The molecule has 0 aromatic heterocycles. The van der Waals surface area contributed by atoms with E-state index < -0.39 is 42.5 Å². The Labute approximate surface area is 204 Å². The number of hydrogen-bond donors (Lipinski definition) is 0. The van der Waals surface area contributed by atoms with Gasteiger partial charge in [-0.2, -0.15) is 0 Å². The van der Waals surface area contributed by atoms with E-state index in [2.05, 4.69) is 0 Å². The lowest BCUT2D eigenvalue weighted by Crippen LogP contribution is -2.42. The molecule has 11 heteroatoms. The maximum atomic E-state index is 11.5. The molecule has 0 aliphatic carbocycles. The molecule has 1 heterocycles. The smallest absolute Gasteiger partial charge is 0.305 e. The standard InChI is InChI=1S/C24H34O11/c1-17(25)32-22-21(35-24(34-19(3)27)23(22)33-18(2)26)16-31-14-12-29-10-9-28-11-13-30-15-20-7-5-4-6-8-20/h4-8,21-24H,9-16H2,1-3H3/t21-,22-,23-,24?/m1/s1. The lowest BCUT2D eigenvalue weighted by molar-refractivity contribution is -0.197. The van der Waals surface area contributed by atoms with Crippen LogP contribution in [0.4, 0.5) is 0 Å². The molecule has 35 heavy (non-hydrogen) atoms. The van der Waals surface area contributed by atoms with Crippen LogP contribution < -0.4 is 0 Å². The predicted octanol–water partition coefficient (Wildman–Crippen LogP) is 1.40. The second-order valence-corrected chi connectivity index (χ2v) is 7.64. The van der Waals surface area contributed by atoms with Gasteiger partial charge in [0.25, 0.3) is 0 Å². The minimum absolute atomic E-state index is 0.00604. The lowest BCUT2D eigenvalue weighted by atomic mass is 10.1. The van der Waals surface area contributed by atoms with Gasteiger partial charge in [0.1, 0.15) is 6.10 Å². The molecule has 1 aromatic rings. The van der Waals surface area contributed by atoms with Gasteiger partial charge in [0.15, 0.2) is 6.10 Å². The monoisotopic (exact) mass is 498 g/mol. The van der Waals surface area contributed by atoms with Crippen molar-refractivity contribution in [3.05, 3.63) is 35.9 Å². The Hall–Kier alpha value is -2.57. The minimum atomic E-state index is -1.21. The summed E-state index contributed by atoms with van der Waals surface area (Å²) in [6.45, 7) is 6.47. The van der Waals surface area contributed by atoms with Crippen LogP contribution in [0.3, 0.4) is 0 Å². The maximum absolute atomic E-state index is 11.5. The van der Waals surface area contributed by atoms with E-state index in [4.69, 9.17) is 37.9 Å². The van der Waals surface area contributed by atoms with Gasteiger partial charge in [0.05, 0.1) is 52.9 Å². The van der Waals surface area contributed by atoms with Gasteiger partial charge in [0.2, 0.25) is 12.4 Å². The molecule has 196 valence electrons. The molecule has 11 nitrogen and oxygen atoms in total. The number of hydrogen-bond acceptors (Lipinski definition) is 11. The molecule has 4 atom stereocenters. The zero-order chi connectivity index (χ0) is 25.5. The first-order valence-corrected chi connectivity index (χ1v) is 11.4. The van der Waals surface area contributed by atoms with Crippen LogP contribution in [0.2, 0.25) is 0 Å². The summed E-state index contributed by atoms with van der Waals surface area (Å²) in [4.78, 5) is 34.4. The SMILES string of the molecule is CC(=O)OC1O[C@H](COCCOCCOCCOCc2ccccc2)[C@@H](OC(C)=O)[C@H]1OC(C)=O. The summed E-state index contributed by atoms with van der Waals surface area (Å²) in [5, 5.41) is 0. The third kappa shape index (κ3) is 11.6. The molecule has 1 saturated heterocycles. The van der Waals surface area contributed by atoms with E-state index in [9.17, 15) is 14.4 Å². The Morgan fingerprint density at radius 1 is 0.686 bits per heavy atom. The average Bonchev–Trinajstić information content (AvgIpc) is 3.09. The van der Waals surface area contributed by atoms with Crippen molar-refractivity contribution in [3.63, 3.8) is 0 Å². The molecule has 0 amide bonds. The van der Waals surface area contributed by atoms with Crippen LogP contribution in [-0.2, 0) is 58.9 Å². The van der Waals surface area contributed by atoms with Crippen molar-refractivity contribution >= 4 is 17.9 Å². The Morgan fingerprint density at radius 3 is 1.77 bits per heavy atom. The number of esters is 3. The topological polar surface area (TPSA) is 125 Å². The van der Waals surface area contributed by atoms with Crippen molar-refractivity contribution in [2.75, 3.05) is 46.2 Å². The second-order valence-electron chi connectivity index (χ2n) is 7.64. The quantitative estimate of drug-likeness (QED) is 0.187. The number of rotatable bonds is 16. The van der Waals surface area contributed by atoms with Crippen LogP contribution in [0.1, 0.15) is 26.3 Å². The Bertz CT molecular complexity index is 770.